The highest BCUT2D eigenvalue weighted by molar-refractivity contribution is 6.31. The van der Waals surface area contributed by atoms with Crippen LogP contribution in [0.15, 0.2) is 42.6 Å². The van der Waals surface area contributed by atoms with E-state index in [4.69, 9.17) is 16.3 Å². The van der Waals surface area contributed by atoms with Crippen LogP contribution in [0.3, 0.4) is 0 Å². The molecule has 0 amide bonds. The van der Waals surface area contributed by atoms with Gasteiger partial charge >= 0.3 is 5.97 Å². The summed E-state index contributed by atoms with van der Waals surface area (Å²) in [6.07, 6.45) is 1.46. The molecule has 0 atom stereocenters. The monoisotopic (exact) mass is 232 g/mol. The Kier molecular flexibility index (Phi) is 3.17. The van der Waals surface area contributed by atoms with Crippen LogP contribution in [0.4, 0.5) is 0 Å². The lowest BCUT2D eigenvalue weighted by Gasteiger charge is -2.03. The molecule has 0 N–H and O–H groups in total. The molecule has 0 aliphatic carbocycles. The molecule has 2 rings (SSSR count). The fourth-order valence-electron chi connectivity index (χ4n) is 1.13. The molecule has 1 aromatic carbocycles. The van der Waals surface area contributed by atoms with Crippen molar-refractivity contribution in [3.8, 4) is 5.88 Å². The van der Waals surface area contributed by atoms with Crippen LogP contribution in [0, 0.1) is 6.07 Å². The summed E-state index contributed by atoms with van der Waals surface area (Å²) in [6.45, 7) is 0. The predicted octanol–water partition coefficient (Wildman–Crippen LogP) is 2.75. The summed E-state index contributed by atoms with van der Waals surface area (Å²) in [7, 11) is 0. The topological polar surface area (TPSA) is 39.2 Å². The molecule has 0 aliphatic rings. The van der Waals surface area contributed by atoms with Gasteiger partial charge in [-0.25, -0.2) is 9.78 Å². The zero-order valence-electron chi connectivity index (χ0n) is 8.18. The number of nitrogens with zero attached hydrogens (tertiary/aromatic N) is 1. The van der Waals surface area contributed by atoms with Gasteiger partial charge in [0.25, 0.3) is 0 Å². The number of carbonyl (C=O) groups is 1. The van der Waals surface area contributed by atoms with Crippen molar-refractivity contribution >= 4 is 17.6 Å². The highest BCUT2D eigenvalue weighted by atomic mass is 35.5. The van der Waals surface area contributed by atoms with Crippen molar-refractivity contribution < 1.29 is 9.53 Å². The second kappa shape index (κ2) is 4.77. The minimum atomic E-state index is -0.491. The van der Waals surface area contributed by atoms with E-state index in [2.05, 4.69) is 11.1 Å². The quantitative estimate of drug-likeness (QED) is 0.748. The van der Waals surface area contributed by atoms with Gasteiger partial charge in [-0.15, -0.1) is 0 Å². The molecule has 16 heavy (non-hydrogen) atoms. The molecule has 1 heterocycles. The Morgan fingerprint density at radius 2 is 2.06 bits per heavy atom. The van der Waals surface area contributed by atoms with E-state index in [0.29, 0.717) is 5.56 Å². The molecule has 79 valence electrons. The summed E-state index contributed by atoms with van der Waals surface area (Å²) < 4.78 is 5.02. The Morgan fingerprint density at radius 3 is 2.75 bits per heavy atom. The average molecular weight is 233 g/mol. The third-order valence-corrected chi connectivity index (χ3v) is 2.13. The van der Waals surface area contributed by atoms with Gasteiger partial charge in [0.1, 0.15) is 5.02 Å². The summed E-state index contributed by atoms with van der Waals surface area (Å²) in [5.74, 6) is -0.424. The molecule has 0 saturated carbocycles. The number of esters is 1. The number of halogens is 1. The molecule has 0 saturated heterocycles. The molecule has 0 fully saturated rings. The van der Waals surface area contributed by atoms with Gasteiger partial charge in [0.2, 0.25) is 5.88 Å². The molecule has 0 spiro atoms. The average Bonchev–Trinajstić information content (AvgIpc) is 2.33. The predicted molar refractivity (Wildman–Crippen MR) is 59.5 cm³/mol. The van der Waals surface area contributed by atoms with Crippen molar-refractivity contribution in [2.75, 3.05) is 0 Å². The number of rotatable bonds is 2. The number of aromatic nitrogens is 1. The minimum absolute atomic E-state index is 0.0676. The summed E-state index contributed by atoms with van der Waals surface area (Å²) in [4.78, 5) is 15.5. The third-order valence-electron chi connectivity index (χ3n) is 1.86. The molecule has 3 nitrogen and oxygen atoms in total. The summed E-state index contributed by atoms with van der Waals surface area (Å²) in [5.41, 5.74) is 0.448. The number of hydrogen-bond donors (Lipinski definition) is 0. The first kappa shape index (κ1) is 10.6. The van der Waals surface area contributed by atoms with Crippen molar-refractivity contribution in [3.63, 3.8) is 0 Å². The molecule has 2 aromatic rings. The van der Waals surface area contributed by atoms with Gasteiger partial charge in [0.15, 0.2) is 0 Å². The minimum Gasteiger partial charge on any atom is -0.402 e. The van der Waals surface area contributed by atoms with Crippen LogP contribution < -0.4 is 4.74 Å². The van der Waals surface area contributed by atoms with Gasteiger partial charge in [0.05, 0.1) is 5.56 Å². The van der Waals surface area contributed by atoms with Crippen LogP contribution in [0.25, 0.3) is 0 Å². The number of benzene rings is 1. The van der Waals surface area contributed by atoms with Crippen molar-refractivity contribution in [2.45, 2.75) is 0 Å². The molecular weight excluding hydrogens is 226 g/mol. The highest BCUT2D eigenvalue weighted by Crippen LogP contribution is 2.20. The number of ether oxygens (including phenoxy) is 1. The maximum Gasteiger partial charge on any atom is 0.344 e. The van der Waals surface area contributed by atoms with Crippen LogP contribution in [0.1, 0.15) is 10.4 Å². The molecule has 1 aromatic heterocycles. The van der Waals surface area contributed by atoms with Crippen molar-refractivity contribution in [3.05, 3.63) is 59.2 Å². The second-order valence-corrected chi connectivity index (χ2v) is 3.34. The van der Waals surface area contributed by atoms with Crippen LogP contribution in [-0.4, -0.2) is 11.0 Å². The molecule has 0 bridgehead atoms. The van der Waals surface area contributed by atoms with Crippen LogP contribution in [0.5, 0.6) is 5.88 Å². The number of hydrogen-bond acceptors (Lipinski definition) is 3. The smallest absolute Gasteiger partial charge is 0.344 e. The van der Waals surface area contributed by atoms with Gasteiger partial charge < -0.3 is 4.74 Å². The summed E-state index contributed by atoms with van der Waals surface area (Å²) in [6, 6.07) is 12.9. The normalized spacial score (nSPS) is 9.81. The van der Waals surface area contributed by atoms with Gasteiger partial charge in [-0.3, -0.25) is 0 Å². The lowest BCUT2D eigenvalue weighted by molar-refractivity contribution is 0.0727. The largest absolute Gasteiger partial charge is 0.402 e. The Balaban J connectivity index is 2.18. The van der Waals surface area contributed by atoms with E-state index in [-0.39, 0.29) is 10.9 Å². The van der Waals surface area contributed by atoms with E-state index in [1.54, 1.807) is 30.3 Å². The Hall–Kier alpha value is -1.87. The van der Waals surface area contributed by atoms with Crippen molar-refractivity contribution in [1.29, 1.82) is 0 Å². The lowest BCUT2D eigenvalue weighted by Crippen LogP contribution is -2.09. The van der Waals surface area contributed by atoms with Gasteiger partial charge in [-0.1, -0.05) is 29.8 Å². The van der Waals surface area contributed by atoms with Crippen molar-refractivity contribution in [1.82, 2.24) is 4.98 Å². The van der Waals surface area contributed by atoms with Crippen LogP contribution in [0.2, 0.25) is 5.02 Å². The lowest BCUT2D eigenvalue weighted by atomic mass is 10.2. The first-order valence-electron chi connectivity index (χ1n) is 4.57. The van der Waals surface area contributed by atoms with Crippen LogP contribution >= 0.6 is 11.6 Å². The standard InChI is InChI=1S/C12H7ClNO2/c13-10-7-4-8-14-11(10)16-12(15)9-5-2-1-3-6-9/h1-6,8H. The van der Waals surface area contributed by atoms with Gasteiger partial charge in [0, 0.05) is 12.3 Å². The fourth-order valence-corrected chi connectivity index (χ4v) is 1.28. The SMILES string of the molecule is O=C(Oc1ncc[c]c1Cl)c1ccccc1. The van der Waals surface area contributed by atoms with Gasteiger partial charge in [-0.2, -0.15) is 0 Å². The van der Waals surface area contributed by atoms with E-state index in [1.165, 1.54) is 6.20 Å². The summed E-state index contributed by atoms with van der Waals surface area (Å²) >= 11 is 5.76. The van der Waals surface area contributed by atoms with E-state index in [9.17, 15) is 4.79 Å². The van der Waals surface area contributed by atoms with Gasteiger partial charge in [-0.05, 0) is 18.2 Å². The van der Waals surface area contributed by atoms with E-state index >= 15 is 0 Å². The maximum absolute atomic E-state index is 11.6. The zero-order valence-corrected chi connectivity index (χ0v) is 8.94. The first-order chi connectivity index (χ1) is 7.77. The number of pyridine rings is 1. The third kappa shape index (κ3) is 2.38. The van der Waals surface area contributed by atoms with Crippen molar-refractivity contribution in [2.24, 2.45) is 0 Å². The fraction of sp³-hybridized carbons (Fsp3) is 0. The highest BCUT2D eigenvalue weighted by Gasteiger charge is 2.10. The molecule has 4 heteroatoms. The first-order valence-corrected chi connectivity index (χ1v) is 4.94. The molecule has 1 radical (unpaired) electrons. The molecular formula is C12H7ClNO2. The van der Waals surface area contributed by atoms with E-state index < -0.39 is 5.97 Å². The maximum atomic E-state index is 11.6. The Labute approximate surface area is 97.7 Å². The molecule has 0 aliphatic heterocycles. The second-order valence-electron chi connectivity index (χ2n) is 2.96. The van der Waals surface area contributed by atoms with E-state index in [1.807, 2.05) is 6.07 Å². The Bertz CT molecular complexity index is 499. The molecule has 0 unspecified atom stereocenters. The summed E-state index contributed by atoms with van der Waals surface area (Å²) in [5, 5.41) is 0.187. The van der Waals surface area contributed by atoms with Crippen LogP contribution in [-0.2, 0) is 0 Å². The Morgan fingerprint density at radius 1 is 1.31 bits per heavy atom. The zero-order chi connectivity index (χ0) is 11.4. The number of carbonyl (C=O) groups excluding carboxylic acids is 1. The van der Waals surface area contributed by atoms with E-state index in [0.717, 1.165) is 0 Å².